The molecule has 102 valence electrons. The Morgan fingerprint density at radius 1 is 1.28 bits per heavy atom. The third-order valence-corrected chi connectivity index (χ3v) is 4.26. The Bertz CT molecular complexity index is 506. The molecule has 0 amide bonds. The third kappa shape index (κ3) is 4.01. The molecule has 0 heterocycles. The van der Waals surface area contributed by atoms with Gasteiger partial charge in [0.05, 0.1) is 5.25 Å². The topological polar surface area (TPSA) is 58.2 Å². The number of benzene rings is 1. The van der Waals surface area contributed by atoms with E-state index in [9.17, 15) is 17.2 Å². The van der Waals surface area contributed by atoms with Crippen LogP contribution in [0.3, 0.4) is 0 Å². The predicted octanol–water partition coefficient (Wildman–Crippen LogP) is 0.992. The van der Waals surface area contributed by atoms with Gasteiger partial charge in [-0.2, -0.15) is 0 Å². The first-order valence-electron chi connectivity index (χ1n) is 5.44. The van der Waals surface area contributed by atoms with E-state index in [0.717, 1.165) is 12.1 Å². The fourth-order valence-electron chi connectivity index (χ4n) is 1.37. The van der Waals surface area contributed by atoms with Crippen LogP contribution in [0.25, 0.3) is 0 Å². The largest absolute Gasteiger partial charge is 0.318 e. The summed E-state index contributed by atoms with van der Waals surface area (Å²) in [5.41, 5.74) is 0.370. The molecule has 0 aromatic heterocycles. The van der Waals surface area contributed by atoms with E-state index in [1.54, 1.807) is 14.0 Å². The van der Waals surface area contributed by atoms with Crippen molar-refractivity contribution >= 4 is 10.0 Å². The van der Waals surface area contributed by atoms with Crippen LogP contribution >= 0.6 is 0 Å². The molecule has 0 saturated heterocycles. The van der Waals surface area contributed by atoms with Gasteiger partial charge >= 0.3 is 0 Å². The van der Waals surface area contributed by atoms with Gasteiger partial charge in [0.1, 0.15) is 0 Å². The zero-order valence-electron chi connectivity index (χ0n) is 10.2. The fourth-order valence-corrected chi connectivity index (χ4v) is 2.41. The van der Waals surface area contributed by atoms with E-state index in [0.29, 0.717) is 12.1 Å². The Morgan fingerprint density at radius 3 is 2.50 bits per heavy atom. The minimum atomic E-state index is -3.47. The molecule has 0 aliphatic carbocycles. The van der Waals surface area contributed by atoms with E-state index in [1.165, 1.54) is 6.07 Å². The predicted molar refractivity (Wildman–Crippen MR) is 65.5 cm³/mol. The van der Waals surface area contributed by atoms with E-state index in [1.807, 2.05) is 0 Å². The first-order chi connectivity index (χ1) is 8.36. The lowest BCUT2D eigenvalue weighted by molar-refractivity contribution is 0.506. The van der Waals surface area contributed by atoms with Crippen molar-refractivity contribution in [1.82, 2.24) is 10.0 Å². The molecule has 2 N–H and O–H groups in total. The van der Waals surface area contributed by atoms with Gasteiger partial charge in [-0.25, -0.2) is 21.9 Å². The van der Waals surface area contributed by atoms with E-state index >= 15 is 0 Å². The summed E-state index contributed by atoms with van der Waals surface area (Å²) in [6.45, 7) is 1.81. The van der Waals surface area contributed by atoms with Gasteiger partial charge < -0.3 is 5.32 Å². The molecule has 18 heavy (non-hydrogen) atoms. The maximum atomic E-state index is 12.9. The van der Waals surface area contributed by atoms with Crippen molar-refractivity contribution in [2.75, 3.05) is 13.6 Å². The summed E-state index contributed by atoms with van der Waals surface area (Å²) in [4.78, 5) is 0. The highest BCUT2D eigenvalue weighted by molar-refractivity contribution is 7.90. The van der Waals surface area contributed by atoms with Crippen LogP contribution in [0.2, 0.25) is 0 Å². The first kappa shape index (κ1) is 15.0. The van der Waals surface area contributed by atoms with Crippen molar-refractivity contribution in [2.45, 2.75) is 18.7 Å². The highest BCUT2D eigenvalue weighted by Crippen LogP contribution is 2.09. The van der Waals surface area contributed by atoms with Crippen LogP contribution in [-0.4, -0.2) is 27.3 Å². The van der Waals surface area contributed by atoms with Crippen LogP contribution in [0.4, 0.5) is 8.78 Å². The second-order valence-corrected chi connectivity index (χ2v) is 6.17. The van der Waals surface area contributed by atoms with Crippen LogP contribution in [0, 0.1) is 11.6 Å². The second-order valence-electron chi connectivity index (χ2n) is 3.98. The van der Waals surface area contributed by atoms with Crippen LogP contribution in [0.15, 0.2) is 18.2 Å². The second kappa shape index (κ2) is 6.21. The molecular weight excluding hydrogens is 262 g/mol. The summed E-state index contributed by atoms with van der Waals surface area (Å²) in [6, 6.07) is 3.28. The fraction of sp³-hybridized carbons (Fsp3) is 0.455. The maximum Gasteiger partial charge on any atom is 0.215 e. The molecule has 1 atom stereocenters. The van der Waals surface area contributed by atoms with Crippen molar-refractivity contribution in [3.63, 3.8) is 0 Å². The molecule has 7 heteroatoms. The maximum absolute atomic E-state index is 12.9. The van der Waals surface area contributed by atoms with Crippen LogP contribution in [0.5, 0.6) is 0 Å². The number of nitrogens with one attached hydrogen (secondary N) is 2. The van der Waals surface area contributed by atoms with Crippen molar-refractivity contribution in [3.05, 3.63) is 35.4 Å². The zero-order chi connectivity index (χ0) is 13.8. The van der Waals surface area contributed by atoms with Gasteiger partial charge in [-0.1, -0.05) is 6.07 Å². The van der Waals surface area contributed by atoms with Gasteiger partial charge in [0, 0.05) is 13.1 Å². The quantitative estimate of drug-likeness (QED) is 0.816. The summed E-state index contributed by atoms with van der Waals surface area (Å²) in [7, 11) is -1.82. The third-order valence-electron chi connectivity index (χ3n) is 2.48. The van der Waals surface area contributed by atoms with E-state index in [2.05, 4.69) is 10.0 Å². The van der Waals surface area contributed by atoms with Gasteiger partial charge in [-0.05, 0) is 31.7 Å². The molecule has 0 radical (unpaired) electrons. The van der Waals surface area contributed by atoms with Crippen LogP contribution in [-0.2, 0) is 16.6 Å². The van der Waals surface area contributed by atoms with Gasteiger partial charge in [0.25, 0.3) is 0 Å². The lowest BCUT2D eigenvalue weighted by Gasteiger charge is -2.13. The van der Waals surface area contributed by atoms with Gasteiger partial charge in [0.2, 0.25) is 10.0 Å². The number of halogens is 2. The summed E-state index contributed by atoms with van der Waals surface area (Å²) in [5.74, 6) is -1.94. The minimum absolute atomic E-state index is 0.0619. The smallest absolute Gasteiger partial charge is 0.215 e. The van der Waals surface area contributed by atoms with Crippen LogP contribution < -0.4 is 10.0 Å². The van der Waals surface area contributed by atoms with E-state index in [4.69, 9.17) is 0 Å². The molecule has 0 aliphatic heterocycles. The molecule has 0 saturated carbocycles. The molecule has 1 unspecified atom stereocenters. The van der Waals surface area contributed by atoms with Crippen LogP contribution in [0.1, 0.15) is 12.5 Å². The lowest BCUT2D eigenvalue weighted by Crippen LogP contribution is -2.37. The SMILES string of the molecule is CNCC(C)S(=O)(=O)NCc1ccc(F)c(F)c1. The molecule has 0 fully saturated rings. The molecular formula is C11H16F2N2O2S. The molecule has 1 rings (SSSR count). The lowest BCUT2D eigenvalue weighted by atomic mass is 10.2. The highest BCUT2D eigenvalue weighted by Gasteiger charge is 2.19. The van der Waals surface area contributed by atoms with Crippen molar-refractivity contribution in [3.8, 4) is 0 Å². The van der Waals surface area contributed by atoms with Gasteiger partial charge in [-0.15, -0.1) is 0 Å². The molecule has 0 aliphatic rings. The highest BCUT2D eigenvalue weighted by atomic mass is 32.2. The molecule has 1 aromatic carbocycles. The Morgan fingerprint density at radius 2 is 1.94 bits per heavy atom. The average Bonchev–Trinajstić information content (AvgIpc) is 2.31. The summed E-state index contributed by atoms with van der Waals surface area (Å²) >= 11 is 0. The van der Waals surface area contributed by atoms with Crippen molar-refractivity contribution < 1.29 is 17.2 Å². The Kier molecular flexibility index (Phi) is 5.18. The summed E-state index contributed by atoms with van der Waals surface area (Å²) in [5, 5.41) is 2.16. The number of rotatable bonds is 6. The summed E-state index contributed by atoms with van der Waals surface area (Å²) < 4.78 is 51.4. The van der Waals surface area contributed by atoms with E-state index in [-0.39, 0.29) is 6.54 Å². The minimum Gasteiger partial charge on any atom is -0.318 e. The van der Waals surface area contributed by atoms with Crippen molar-refractivity contribution in [1.29, 1.82) is 0 Å². The van der Waals surface area contributed by atoms with E-state index < -0.39 is 26.9 Å². The number of hydrogen-bond acceptors (Lipinski definition) is 3. The number of hydrogen-bond donors (Lipinski definition) is 2. The summed E-state index contributed by atoms with van der Waals surface area (Å²) in [6.07, 6.45) is 0. The monoisotopic (exact) mass is 278 g/mol. The molecule has 1 aromatic rings. The van der Waals surface area contributed by atoms with Gasteiger partial charge in [-0.3, -0.25) is 0 Å². The van der Waals surface area contributed by atoms with Gasteiger partial charge in [0.15, 0.2) is 11.6 Å². The molecule has 0 bridgehead atoms. The van der Waals surface area contributed by atoms with Crippen molar-refractivity contribution in [2.24, 2.45) is 0 Å². The standard InChI is InChI=1S/C11H16F2N2O2S/c1-8(6-14-2)18(16,17)15-7-9-3-4-10(12)11(13)5-9/h3-5,8,14-15H,6-7H2,1-2H3. The normalized spacial score (nSPS) is 13.6. The first-order valence-corrected chi connectivity index (χ1v) is 6.98. The average molecular weight is 278 g/mol. The Balaban J connectivity index is 2.67. The number of sulfonamides is 1. The Labute approximate surface area is 105 Å². The molecule has 4 nitrogen and oxygen atoms in total. The molecule has 0 spiro atoms. The Hall–Kier alpha value is -1.05. The zero-order valence-corrected chi connectivity index (χ0v) is 11.0.